The monoisotopic (exact) mass is 265 g/mol. The lowest BCUT2D eigenvalue weighted by Gasteiger charge is -2.28. The van der Waals surface area contributed by atoms with E-state index in [1.165, 1.54) is 0 Å². The fraction of sp³-hybridized carbons (Fsp3) is 0.167. The van der Waals surface area contributed by atoms with Gasteiger partial charge in [0.2, 0.25) is 5.91 Å². The second-order valence-corrected chi connectivity index (χ2v) is 4.36. The van der Waals surface area contributed by atoms with Crippen LogP contribution in [0.3, 0.4) is 0 Å². The van der Waals surface area contributed by atoms with Crippen molar-refractivity contribution in [1.82, 2.24) is 10.6 Å². The lowest BCUT2D eigenvalue weighted by molar-refractivity contribution is -0.115. The molecule has 0 bridgehead atoms. The maximum atomic E-state index is 11.5. The predicted molar refractivity (Wildman–Crippen MR) is 67.8 cm³/mol. The Morgan fingerprint density at radius 3 is 2.67 bits per heavy atom. The van der Waals surface area contributed by atoms with Crippen LogP contribution in [0.1, 0.15) is 18.5 Å². The number of hydrogen-bond acceptors (Lipinski definition) is 2. The van der Waals surface area contributed by atoms with E-state index in [4.69, 9.17) is 17.3 Å². The van der Waals surface area contributed by atoms with Gasteiger partial charge in [0.25, 0.3) is 0 Å². The standard InChI is InChI=1S/C12H12ClN3O2/c1-6-9(11(14)17)10(16-12(18)15-6)7-4-2-3-5-8(7)13/h2-5,10H,1H3,(H2,14,17)(H2,15,16,18). The van der Waals surface area contributed by atoms with Gasteiger partial charge in [0, 0.05) is 10.7 Å². The van der Waals surface area contributed by atoms with Gasteiger partial charge in [-0.2, -0.15) is 0 Å². The molecule has 0 aliphatic carbocycles. The molecule has 1 aliphatic rings. The van der Waals surface area contributed by atoms with Crippen molar-refractivity contribution in [3.63, 3.8) is 0 Å². The molecule has 0 radical (unpaired) electrons. The number of primary amides is 1. The number of urea groups is 1. The van der Waals surface area contributed by atoms with Crippen LogP contribution in [0, 0.1) is 0 Å². The summed E-state index contributed by atoms with van der Waals surface area (Å²) >= 11 is 6.08. The average Bonchev–Trinajstić information content (AvgIpc) is 2.27. The summed E-state index contributed by atoms with van der Waals surface area (Å²) in [5.74, 6) is -0.593. The fourth-order valence-electron chi connectivity index (χ4n) is 1.96. The van der Waals surface area contributed by atoms with Crippen LogP contribution in [0.15, 0.2) is 35.5 Å². The summed E-state index contributed by atoms with van der Waals surface area (Å²) in [6.07, 6.45) is 0. The van der Waals surface area contributed by atoms with Crippen molar-refractivity contribution < 1.29 is 9.59 Å². The quantitative estimate of drug-likeness (QED) is 0.756. The summed E-state index contributed by atoms with van der Waals surface area (Å²) in [7, 11) is 0. The molecule has 2 rings (SSSR count). The topological polar surface area (TPSA) is 84.2 Å². The first-order chi connectivity index (χ1) is 8.50. The van der Waals surface area contributed by atoms with Crippen molar-refractivity contribution >= 4 is 23.5 Å². The maximum absolute atomic E-state index is 11.5. The van der Waals surface area contributed by atoms with Crippen molar-refractivity contribution in [2.75, 3.05) is 0 Å². The Hall–Kier alpha value is -2.01. The number of halogens is 1. The number of benzene rings is 1. The number of nitrogens with two attached hydrogens (primary N) is 1. The molecule has 1 aromatic rings. The molecule has 18 heavy (non-hydrogen) atoms. The fourth-order valence-corrected chi connectivity index (χ4v) is 2.21. The Morgan fingerprint density at radius 2 is 2.06 bits per heavy atom. The normalized spacial score (nSPS) is 19.2. The molecule has 1 atom stereocenters. The third-order valence-corrected chi connectivity index (χ3v) is 3.10. The van der Waals surface area contributed by atoms with Crippen LogP contribution in [-0.4, -0.2) is 11.9 Å². The number of allylic oxidation sites excluding steroid dienone is 1. The Bertz CT molecular complexity index is 554. The van der Waals surface area contributed by atoms with Gasteiger partial charge in [0.1, 0.15) is 0 Å². The number of rotatable bonds is 2. The second kappa shape index (κ2) is 4.70. The predicted octanol–water partition coefficient (Wildman–Crippen LogP) is 1.45. The van der Waals surface area contributed by atoms with Gasteiger partial charge in [-0.05, 0) is 18.6 Å². The van der Waals surface area contributed by atoms with Crippen LogP contribution in [0.5, 0.6) is 0 Å². The minimum atomic E-state index is -0.620. The molecule has 0 spiro atoms. The molecule has 0 fully saturated rings. The van der Waals surface area contributed by atoms with Crippen molar-refractivity contribution in [1.29, 1.82) is 0 Å². The largest absolute Gasteiger partial charge is 0.366 e. The maximum Gasteiger partial charge on any atom is 0.319 e. The van der Waals surface area contributed by atoms with Crippen molar-refractivity contribution in [2.24, 2.45) is 5.73 Å². The highest BCUT2D eigenvalue weighted by Gasteiger charge is 2.30. The Kier molecular flexibility index (Phi) is 3.25. The Balaban J connectivity index is 2.54. The summed E-state index contributed by atoms with van der Waals surface area (Å²) < 4.78 is 0. The van der Waals surface area contributed by atoms with Gasteiger partial charge in [-0.25, -0.2) is 4.79 Å². The van der Waals surface area contributed by atoms with Crippen LogP contribution < -0.4 is 16.4 Å². The minimum absolute atomic E-state index is 0.308. The minimum Gasteiger partial charge on any atom is -0.366 e. The molecule has 94 valence electrons. The highest BCUT2D eigenvalue weighted by Crippen LogP contribution is 2.30. The number of amides is 3. The highest BCUT2D eigenvalue weighted by molar-refractivity contribution is 6.31. The molecule has 5 nitrogen and oxygen atoms in total. The van der Waals surface area contributed by atoms with Gasteiger partial charge in [0.15, 0.2) is 0 Å². The third kappa shape index (κ3) is 2.17. The van der Waals surface area contributed by atoms with Crippen molar-refractivity contribution in [3.8, 4) is 0 Å². The van der Waals surface area contributed by atoms with E-state index in [1.54, 1.807) is 31.2 Å². The van der Waals surface area contributed by atoms with Gasteiger partial charge in [-0.1, -0.05) is 29.8 Å². The summed E-state index contributed by atoms with van der Waals surface area (Å²) in [6, 6.07) is 5.99. The zero-order valence-electron chi connectivity index (χ0n) is 9.66. The van der Waals surface area contributed by atoms with Crippen LogP contribution >= 0.6 is 11.6 Å². The van der Waals surface area contributed by atoms with Gasteiger partial charge in [-0.3, -0.25) is 4.79 Å². The summed E-state index contributed by atoms with van der Waals surface area (Å²) in [4.78, 5) is 23.0. The molecule has 1 heterocycles. The smallest absolute Gasteiger partial charge is 0.319 e. The molecule has 0 saturated carbocycles. The van der Waals surface area contributed by atoms with Crippen LogP contribution in [0.4, 0.5) is 4.79 Å². The second-order valence-electron chi connectivity index (χ2n) is 3.96. The van der Waals surface area contributed by atoms with E-state index in [0.717, 1.165) is 0 Å². The number of hydrogen-bond donors (Lipinski definition) is 3. The van der Waals surface area contributed by atoms with E-state index in [2.05, 4.69) is 10.6 Å². The van der Waals surface area contributed by atoms with Crippen LogP contribution in [0.25, 0.3) is 0 Å². The first-order valence-electron chi connectivity index (χ1n) is 5.33. The van der Waals surface area contributed by atoms with Gasteiger partial charge < -0.3 is 16.4 Å². The summed E-state index contributed by atoms with van der Waals surface area (Å²) in [5.41, 5.74) is 6.74. The molecule has 4 N–H and O–H groups in total. The molecule has 0 saturated heterocycles. The van der Waals surface area contributed by atoms with Gasteiger partial charge in [0.05, 0.1) is 11.6 Å². The molecule has 1 aromatic carbocycles. The van der Waals surface area contributed by atoms with Gasteiger partial charge >= 0.3 is 6.03 Å². The first kappa shape index (κ1) is 12.4. The van der Waals surface area contributed by atoms with Crippen molar-refractivity contribution in [3.05, 3.63) is 46.1 Å². The lowest BCUT2D eigenvalue weighted by Crippen LogP contribution is -2.46. The summed E-state index contributed by atoms with van der Waals surface area (Å²) in [5, 5.41) is 5.63. The van der Waals surface area contributed by atoms with Gasteiger partial charge in [-0.15, -0.1) is 0 Å². The van der Waals surface area contributed by atoms with Crippen LogP contribution in [-0.2, 0) is 4.79 Å². The lowest BCUT2D eigenvalue weighted by atomic mass is 9.95. The molecule has 0 aromatic heterocycles. The van der Waals surface area contributed by atoms with E-state index in [-0.39, 0.29) is 6.03 Å². The summed E-state index contributed by atoms with van der Waals surface area (Å²) in [6.45, 7) is 1.63. The molecular formula is C12H12ClN3O2. The number of nitrogens with one attached hydrogen (secondary N) is 2. The van der Waals surface area contributed by atoms with E-state index in [0.29, 0.717) is 21.9 Å². The average molecular weight is 266 g/mol. The molecule has 3 amide bonds. The van der Waals surface area contributed by atoms with E-state index in [9.17, 15) is 9.59 Å². The van der Waals surface area contributed by atoms with Crippen LogP contribution in [0.2, 0.25) is 5.02 Å². The Labute approximate surface area is 109 Å². The number of carbonyl (C=O) groups excluding carboxylic acids is 2. The SMILES string of the molecule is CC1=C(C(N)=O)C(c2ccccc2Cl)NC(=O)N1. The highest BCUT2D eigenvalue weighted by atomic mass is 35.5. The van der Waals surface area contributed by atoms with E-state index >= 15 is 0 Å². The molecule has 6 heteroatoms. The van der Waals surface area contributed by atoms with E-state index < -0.39 is 11.9 Å². The first-order valence-corrected chi connectivity index (χ1v) is 5.71. The molecular weight excluding hydrogens is 254 g/mol. The number of carbonyl (C=O) groups is 2. The third-order valence-electron chi connectivity index (χ3n) is 2.75. The zero-order valence-corrected chi connectivity index (χ0v) is 10.4. The molecule has 1 unspecified atom stereocenters. The molecule has 1 aliphatic heterocycles. The van der Waals surface area contributed by atoms with Crippen molar-refractivity contribution in [2.45, 2.75) is 13.0 Å². The van der Waals surface area contributed by atoms with E-state index in [1.807, 2.05) is 0 Å². The Morgan fingerprint density at radius 1 is 1.39 bits per heavy atom. The zero-order chi connectivity index (χ0) is 13.3.